The number of hydrogen-bond donors (Lipinski definition) is 0. The number of carbonyl (C=O) groups excluding carboxylic acids is 2. The number of piperidine rings is 1. The summed E-state index contributed by atoms with van der Waals surface area (Å²) in [5.41, 5.74) is 2.49. The molecule has 1 aromatic heterocycles. The van der Waals surface area contributed by atoms with Crippen LogP contribution in [0.3, 0.4) is 0 Å². The molecule has 2 aliphatic heterocycles. The van der Waals surface area contributed by atoms with E-state index in [1.165, 1.54) is 11.3 Å². The molecular formula is C20H21NO3S. The summed E-state index contributed by atoms with van der Waals surface area (Å²) < 4.78 is 6.33. The number of carbonyl (C=O) groups is 2. The van der Waals surface area contributed by atoms with Crippen molar-refractivity contribution < 1.29 is 14.3 Å². The smallest absolute Gasteiger partial charge is 0.263 e. The topological polar surface area (TPSA) is 46.6 Å². The summed E-state index contributed by atoms with van der Waals surface area (Å²) in [7, 11) is 0. The Labute approximate surface area is 151 Å². The lowest BCUT2D eigenvalue weighted by Crippen LogP contribution is -2.52. The summed E-state index contributed by atoms with van der Waals surface area (Å²) in [5.74, 6) is 0.943. The number of amides is 1. The van der Waals surface area contributed by atoms with Crippen molar-refractivity contribution >= 4 is 23.0 Å². The number of nitrogens with zero attached hydrogens (tertiary/aromatic N) is 1. The first kappa shape index (κ1) is 16.3. The fraction of sp³-hybridized carbons (Fsp3) is 0.400. The second kappa shape index (κ2) is 5.99. The van der Waals surface area contributed by atoms with E-state index in [0.717, 1.165) is 16.0 Å². The lowest BCUT2D eigenvalue weighted by molar-refractivity contribution is -0.00563. The predicted molar refractivity (Wildman–Crippen MR) is 97.7 cm³/mol. The molecule has 1 spiro atoms. The number of Topliss-reactive ketones (excluding diaryl/α,β-unsaturated/α-hetero) is 1. The van der Waals surface area contributed by atoms with E-state index >= 15 is 0 Å². The number of ether oxygens (including phenoxy) is 1. The highest BCUT2D eigenvalue weighted by molar-refractivity contribution is 7.12. The first-order valence-corrected chi connectivity index (χ1v) is 9.52. The van der Waals surface area contributed by atoms with Gasteiger partial charge < -0.3 is 9.64 Å². The molecule has 4 rings (SSSR count). The molecule has 4 nitrogen and oxygen atoms in total. The third-order valence-electron chi connectivity index (χ3n) is 5.40. The van der Waals surface area contributed by atoms with Crippen LogP contribution in [0.1, 0.15) is 50.4 Å². The van der Waals surface area contributed by atoms with Crippen molar-refractivity contribution in [2.45, 2.75) is 38.7 Å². The zero-order valence-electron chi connectivity index (χ0n) is 14.5. The standard InChI is InChI=1S/C20H21NO3S/c1-13-10-15-16(22)12-20(24-17(15)11-14(13)2)5-7-21(8-6-20)19(23)18-4-3-9-25-18/h3-4,9-11H,5-8,12H2,1-2H3. The summed E-state index contributed by atoms with van der Waals surface area (Å²) in [6, 6.07) is 7.68. The highest BCUT2D eigenvalue weighted by Gasteiger charge is 2.43. The summed E-state index contributed by atoms with van der Waals surface area (Å²) in [4.78, 5) is 27.8. The molecule has 1 aromatic carbocycles. The van der Waals surface area contributed by atoms with E-state index in [1.807, 2.05) is 48.4 Å². The summed E-state index contributed by atoms with van der Waals surface area (Å²) in [6.45, 7) is 5.31. The van der Waals surface area contributed by atoms with Crippen LogP contribution < -0.4 is 4.74 Å². The van der Waals surface area contributed by atoms with E-state index in [1.54, 1.807) is 0 Å². The largest absolute Gasteiger partial charge is 0.486 e. The van der Waals surface area contributed by atoms with Gasteiger partial charge in [-0.15, -0.1) is 11.3 Å². The Hall–Kier alpha value is -2.14. The molecule has 130 valence electrons. The Kier molecular flexibility index (Phi) is 3.91. The van der Waals surface area contributed by atoms with Gasteiger partial charge in [0.15, 0.2) is 5.78 Å². The number of likely N-dealkylation sites (tertiary alicyclic amines) is 1. The van der Waals surface area contributed by atoms with Crippen LogP contribution in [0.25, 0.3) is 0 Å². The van der Waals surface area contributed by atoms with Crippen LogP contribution in [0.4, 0.5) is 0 Å². The van der Waals surface area contributed by atoms with Crippen LogP contribution in [0.2, 0.25) is 0 Å². The summed E-state index contributed by atoms with van der Waals surface area (Å²) in [6.07, 6.45) is 1.80. The lowest BCUT2D eigenvalue weighted by atomic mass is 9.82. The van der Waals surface area contributed by atoms with Crippen molar-refractivity contribution in [2.24, 2.45) is 0 Å². The van der Waals surface area contributed by atoms with Crippen LogP contribution in [0, 0.1) is 13.8 Å². The minimum absolute atomic E-state index is 0.0823. The van der Waals surface area contributed by atoms with Crippen LogP contribution >= 0.6 is 11.3 Å². The molecule has 5 heteroatoms. The average Bonchev–Trinajstić information content (AvgIpc) is 3.11. The number of rotatable bonds is 1. The zero-order chi connectivity index (χ0) is 17.6. The number of benzene rings is 1. The Bertz CT molecular complexity index is 833. The number of thiophene rings is 1. The maximum Gasteiger partial charge on any atom is 0.263 e. The van der Waals surface area contributed by atoms with Gasteiger partial charge in [0.2, 0.25) is 0 Å². The summed E-state index contributed by atoms with van der Waals surface area (Å²) >= 11 is 1.47. The van der Waals surface area contributed by atoms with E-state index in [4.69, 9.17) is 4.74 Å². The molecule has 0 bridgehead atoms. The van der Waals surface area contributed by atoms with Crippen LogP contribution in [-0.2, 0) is 0 Å². The van der Waals surface area contributed by atoms with Gasteiger partial charge in [-0.05, 0) is 48.6 Å². The molecule has 25 heavy (non-hydrogen) atoms. The second-order valence-electron chi connectivity index (χ2n) is 7.09. The van der Waals surface area contributed by atoms with Gasteiger partial charge in [-0.2, -0.15) is 0 Å². The quantitative estimate of drug-likeness (QED) is 0.777. The van der Waals surface area contributed by atoms with E-state index < -0.39 is 5.60 Å². The van der Waals surface area contributed by atoms with Gasteiger partial charge >= 0.3 is 0 Å². The third kappa shape index (κ3) is 2.86. The first-order chi connectivity index (χ1) is 12.0. The molecule has 3 heterocycles. The van der Waals surface area contributed by atoms with Gasteiger partial charge in [0.25, 0.3) is 5.91 Å². The molecule has 0 N–H and O–H groups in total. The predicted octanol–water partition coefficient (Wildman–Crippen LogP) is 4.01. The Balaban J connectivity index is 1.52. The average molecular weight is 355 g/mol. The second-order valence-corrected chi connectivity index (χ2v) is 8.03. The van der Waals surface area contributed by atoms with Gasteiger partial charge in [-0.25, -0.2) is 0 Å². The molecule has 0 saturated carbocycles. The van der Waals surface area contributed by atoms with Crippen molar-refractivity contribution in [3.8, 4) is 5.75 Å². The number of aryl methyl sites for hydroxylation is 2. The monoisotopic (exact) mass is 355 g/mol. The van der Waals surface area contributed by atoms with Gasteiger partial charge in [0.1, 0.15) is 11.4 Å². The highest BCUT2D eigenvalue weighted by atomic mass is 32.1. The molecule has 0 aliphatic carbocycles. The fourth-order valence-corrected chi connectivity index (χ4v) is 4.39. The fourth-order valence-electron chi connectivity index (χ4n) is 3.70. The Morgan fingerprint density at radius 3 is 2.60 bits per heavy atom. The maximum absolute atomic E-state index is 12.7. The number of ketones is 1. The van der Waals surface area contributed by atoms with Crippen LogP contribution in [-0.4, -0.2) is 35.3 Å². The molecule has 1 amide bonds. The molecule has 2 aromatic rings. The maximum atomic E-state index is 12.7. The van der Waals surface area contributed by atoms with Crippen molar-refractivity contribution in [3.05, 3.63) is 51.2 Å². The number of hydrogen-bond acceptors (Lipinski definition) is 4. The number of fused-ring (bicyclic) bond motifs is 1. The van der Waals surface area contributed by atoms with Crippen molar-refractivity contribution in [3.63, 3.8) is 0 Å². The summed E-state index contributed by atoms with van der Waals surface area (Å²) in [5, 5.41) is 1.92. The lowest BCUT2D eigenvalue weighted by Gasteiger charge is -2.44. The Morgan fingerprint density at radius 2 is 1.92 bits per heavy atom. The third-order valence-corrected chi connectivity index (χ3v) is 6.26. The van der Waals surface area contributed by atoms with Gasteiger partial charge in [-0.3, -0.25) is 9.59 Å². The molecule has 0 atom stereocenters. The van der Waals surface area contributed by atoms with Gasteiger partial charge in [-0.1, -0.05) is 6.07 Å². The van der Waals surface area contributed by atoms with Crippen molar-refractivity contribution in [1.29, 1.82) is 0 Å². The van der Waals surface area contributed by atoms with Crippen LogP contribution in [0.15, 0.2) is 29.6 Å². The molecule has 1 saturated heterocycles. The van der Waals surface area contributed by atoms with Crippen molar-refractivity contribution in [1.82, 2.24) is 4.90 Å². The van der Waals surface area contributed by atoms with Gasteiger partial charge in [0.05, 0.1) is 16.9 Å². The molecule has 0 radical (unpaired) electrons. The minimum Gasteiger partial charge on any atom is -0.486 e. The zero-order valence-corrected chi connectivity index (χ0v) is 15.3. The molecule has 0 unspecified atom stereocenters. The van der Waals surface area contributed by atoms with Crippen LogP contribution in [0.5, 0.6) is 5.75 Å². The molecule has 2 aliphatic rings. The van der Waals surface area contributed by atoms with E-state index in [2.05, 4.69) is 0 Å². The molecular weight excluding hydrogens is 334 g/mol. The molecule has 1 fully saturated rings. The van der Waals surface area contributed by atoms with E-state index in [0.29, 0.717) is 43.7 Å². The van der Waals surface area contributed by atoms with Gasteiger partial charge in [0, 0.05) is 25.9 Å². The van der Waals surface area contributed by atoms with E-state index in [9.17, 15) is 9.59 Å². The highest BCUT2D eigenvalue weighted by Crippen LogP contribution is 2.40. The Morgan fingerprint density at radius 1 is 1.20 bits per heavy atom. The minimum atomic E-state index is -0.460. The van der Waals surface area contributed by atoms with E-state index in [-0.39, 0.29) is 11.7 Å². The first-order valence-electron chi connectivity index (χ1n) is 8.64. The SMILES string of the molecule is Cc1cc2c(cc1C)C(=O)CC1(CCN(C(=O)c3cccs3)CC1)O2. The normalized spacial score (nSPS) is 18.8. The van der Waals surface area contributed by atoms with Crippen molar-refractivity contribution in [2.75, 3.05) is 13.1 Å².